The summed E-state index contributed by atoms with van der Waals surface area (Å²) < 4.78 is 13.4. The van der Waals surface area contributed by atoms with Crippen molar-refractivity contribution in [2.45, 2.75) is 13.1 Å². The van der Waals surface area contributed by atoms with Gasteiger partial charge in [0.15, 0.2) is 11.2 Å². The highest BCUT2D eigenvalue weighted by atomic mass is 35.5. The van der Waals surface area contributed by atoms with Crippen LogP contribution in [-0.4, -0.2) is 41.8 Å². The second-order valence-corrected chi connectivity index (χ2v) is 7.40. The van der Waals surface area contributed by atoms with Crippen LogP contribution >= 0.6 is 11.6 Å². The number of ether oxygens (including phenoxy) is 1. The van der Waals surface area contributed by atoms with Gasteiger partial charge in [0.25, 0.3) is 5.56 Å². The Morgan fingerprint density at radius 1 is 1.06 bits per heavy atom. The van der Waals surface area contributed by atoms with Gasteiger partial charge in [-0.05, 0) is 42.0 Å². The van der Waals surface area contributed by atoms with Crippen LogP contribution in [0.3, 0.4) is 0 Å². The van der Waals surface area contributed by atoms with Crippen molar-refractivity contribution in [2.75, 3.05) is 7.11 Å². The third-order valence-corrected chi connectivity index (χ3v) is 5.11. The van der Waals surface area contributed by atoms with Gasteiger partial charge in [-0.2, -0.15) is 4.98 Å². The van der Waals surface area contributed by atoms with E-state index in [0.29, 0.717) is 23.0 Å². The van der Waals surface area contributed by atoms with E-state index < -0.39 is 0 Å². The number of halogens is 1. The fourth-order valence-electron chi connectivity index (χ4n) is 3.19. The molecule has 10 nitrogen and oxygen atoms in total. The molecule has 0 aliphatic rings. The molecule has 0 aliphatic heterocycles. The van der Waals surface area contributed by atoms with E-state index in [2.05, 4.69) is 25.4 Å². The van der Waals surface area contributed by atoms with Crippen LogP contribution in [0.1, 0.15) is 11.5 Å². The maximum atomic E-state index is 12.9. The van der Waals surface area contributed by atoms with Crippen LogP contribution in [0.15, 0.2) is 64.2 Å². The van der Waals surface area contributed by atoms with E-state index in [1.54, 1.807) is 36.1 Å². The summed E-state index contributed by atoms with van der Waals surface area (Å²) in [6.45, 7) is 0.480. The molecule has 11 heteroatoms. The fourth-order valence-corrected chi connectivity index (χ4v) is 3.32. The third-order valence-electron chi connectivity index (χ3n) is 4.86. The van der Waals surface area contributed by atoms with Crippen LogP contribution in [-0.2, 0) is 13.1 Å². The van der Waals surface area contributed by atoms with Crippen LogP contribution in [0.5, 0.6) is 5.75 Å². The summed E-state index contributed by atoms with van der Waals surface area (Å²) in [4.78, 5) is 21.6. The van der Waals surface area contributed by atoms with Crippen molar-refractivity contribution >= 4 is 22.8 Å². The zero-order valence-electron chi connectivity index (χ0n) is 16.8. The Morgan fingerprint density at radius 3 is 2.59 bits per heavy atom. The molecule has 3 aromatic heterocycles. The second kappa shape index (κ2) is 8.23. The molecule has 0 saturated heterocycles. The molecule has 32 heavy (non-hydrogen) atoms. The van der Waals surface area contributed by atoms with E-state index in [9.17, 15) is 4.79 Å². The zero-order valence-corrected chi connectivity index (χ0v) is 17.6. The van der Waals surface area contributed by atoms with Crippen molar-refractivity contribution in [2.24, 2.45) is 0 Å². The quantitative estimate of drug-likeness (QED) is 0.388. The molecule has 0 aliphatic carbocycles. The molecular weight excluding hydrogens is 434 g/mol. The van der Waals surface area contributed by atoms with Gasteiger partial charge in [-0.25, -0.2) is 9.67 Å². The molecule has 160 valence electrons. The summed E-state index contributed by atoms with van der Waals surface area (Å²) >= 11 is 5.93. The van der Waals surface area contributed by atoms with E-state index >= 15 is 0 Å². The molecule has 0 bridgehead atoms. The Morgan fingerprint density at radius 2 is 1.84 bits per heavy atom. The van der Waals surface area contributed by atoms with Gasteiger partial charge in [-0.1, -0.05) is 34.1 Å². The number of benzene rings is 2. The summed E-state index contributed by atoms with van der Waals surface area (Å²) in [5, 5.41) is 12.7. The predicted octanol–water partition coefficient (Wildman–Crippen LogP) is 2.80. The first-order valence-electron chi connectivity index (χ1n) is 9.61. The number of rotatable bonds is 6. The van der Waals surface area contributed by atoms with E-state index in [0.717, 1.165) is 16.9 Å². The Balaban J connectivity index is 1.38. The molecule has 0 amide bonds. The van der Waals surface area contributed by atoms with E-state index in [1.165, 1.54) is 10.9 Å². The number of methoxy groups -OCH3 is 1. The lowest BCUT2D eigenvalue weighted by Crippen LogP contribution is -2.21. The standard InChI is InChI=1S/C21H16ClN7O3/c1-31-16-8-4-14(5-9-16)19-24-17(32-26-19)11-28-12-23-20-18(21(28)30)25-27-29(20)10-13-2-6-15(22)7-3-13/h2-9,12H,10-11H2,1H3. The van der Waals surface area contributed by atoms with E-state index in [4.69, 9.17) is 20.9 Å². The summed E-state index contributed by atoms with van der Waals surface area (Å²) in [5.41, 5.74) is 1.94. The fraction of sp³-hybridized carbons (Fsp3) is 0.143. The molecule has 2 aromatic carbocycles. The number of aromatic nitrogens is 7. The molecule has 0 unspecified atom stereocenters. The van der Waals surface area contributed by atoms with Crippen molar-refractivity contribution < 1.29 is 9.26 Å². The Labute approximate surface area is 186 Å². The summed E-state index contributed by atoms with van der Waals surface area (Å²) in [6.07, 6.45) is 1.42. The average Bonchev–Trinajstić information content (AvgIpc) is 3.45. The lowest BCUT2D eigenvalue weighted by molar-refractivity contribution is 0.369. The Bertz CT molecular complexity index is 1440. The molecule has 0 spiro atoms. The molecule has 0 radical (unpaired) electrons. The van der Waals surface area contributed by atoms with Gasteiger partial charge < -0.3 is 9.26 Å². The largest absolute Gasteiger partial charge is 0.497 e. The van der Waals surface area contributed by atoms with Crippen LogP contribution in [0, 0.1) is 0 Å². The summed E-state index contributed by atoms with van der Waals surface area (Å²) in [7, 11) is 1.60. The minimum Gasteiger partial charge on any atom is -0.497 e. The van der Waals surface area contributed by atoms with Gasteiger partial charge in [0, 0.05) is 10.6 Å². The molecule has 0 N–H and O–H groups in total. The summed E-state index contributed by atoms with van der Waals surface area (Å²) in [5.74, 6) is 1.42. The third kappa shape index (κ3) is 3.83. The lowest BCUT2D eigenvalue weighted by atomic mass is 10.2. The number of nitrogens with zero attached hydrogens (tertiary/aromatic N) is 7. The Kier molecular flexibility index (Phi) is 5.12. The highest BCUT2D eigenvalue weighted by Crippen LogP contribution is 2.20. The minimum absolute atomic E-state index is 0.0645. The highest BCUT2D eigenvalue weighted by Gasteiger charge is 2.15. The first-order chi connectivity index (χ1) is 15.6. The van der Waals surface area contributed by atoms with Gasteiger partial charge in [-0.3, -0.25) is 9.36 Å². The number of fused-ring (bicyclic) bond motifs is 1. The molecule has 3 heterocycles. The monoisotopic (exact) mass is 449 g/mol. The Hall–Kier alpha value is -4.05. The smallest absolute Gasteiger partial charge is 0.283 e. The minimum atomic E-state index is -0.346. The van der Waals surface area contributed by atoms with E-state index in [1.807, 2.05) is 24.3 Å². The molecule has 0 atom stereocenters. The normalized spacial score (nSPS) is 11.2. The summed E-state index contributed by atoms with van der Waals surface area (Å²) in [6, 6.07) is 14.6. The number of hydrogen-bond donors (Lipinski definition) is 0. The van der Waals surface area contributed by atoms with Gasteiger partial charge in [0.2, 0.25) is 11.7 Å². The van der Waals surface area contributed by atoms with Gasteiger partial charge in [-0.15, -0.1) is 5.10 Å². The first kappa shape index (κ1) is 19.9. The van der Waals surface area contributed by atoms with Crippen molar-refractivity contribution in [3.8, 4) is 17.1 Å². The first-order valence-corrected chi connectivity index (χ1v) is 9.98. The lowest BCUT2D eigenvalue weighted by Gasteiger charge is -2.03. The van der Waals surface area contributed by atoms with Gasteiger partial charge >= 0.3 is 0 Å². The van der Waals surface area contributed by atoms with E-state index in [-0.39, 0.29) is 23.5 Å². The van der Waals surface area contributed by atoms with Crippen LogP contribution < -0.4 is 10.3 Å². The van der Waals surface area contributed by atoms with Crippen LogP contribution in [0.2, 0.25) is 5.02 Å². The van der Waals surface area contributed by atoms with Crippen molar-refractivity contribution in [1.82, 2.24) is 34.7 Å². The van der Waals surface area contributed by atoms with Crippen molar-refractivity contribution in [3.63, 3.8) is 0 Å². The average molecular weight is 450 g/mol. The van der Waals surface area contributed by atoms with Gasteiger partial charge in [0.1, 0.15) is 18.6 Å². The maximum absolute atomic E-state index is 12.9. The highest BCUT2D eigenvalue weighted by molar-refractivity contribution is 6.30. The second-order valence-electron chi connectivity index (χ2n) is 6.96. The molecular formula is C21H16ClN7O3. The molecule has 5 rings (SSSR count). The topological polar surface area (TPSA) is 114 Å². The molecule has 0 fully saturated rings. The maximum Gasteiger partial charge on any atom is 0.283 e. The van der Waals surface area contributed by atoms with Crippen LogP contribution in [0.25, 0.3) is 22.6 Å². The number of hydrogen-bond acceptors (Lipinski definition) is 8. The molecule has 5 aromatic rings. The SMILES string of the molecule is COc1ccc(-c2noc(Cn3cnc4c(nnn4Cc4ccc(Cl)cc4)c3=O)n2)cc1. The van der Waals surface area contributed by atoms with Crippen molar-refractivity contribution in [3.05, 3.63) is 81.7 Å². The molecule has 0 saturated carbocycles. The van der Waals surface area contributed by atoms with Crippen LogP contribution in [0.4, 0.5) is 0 Å². The predicted molar refractivity (Wildman–Crippen MR) is 116 cm³/mol. The van der Waals surface area contributed by atoms with Crippen molar-refractivity contribution in [1.29, 1.82) is 0 Å². The van der Waals surface area contributed by atoms with Gasteiger partial charge in [0.05, 0.1) is 13.7 Å². The zero-order chi connectivity index (χ0) is 22.1.